The molecule has 4 aromatic rings. The van der Waals surface area contributed by atoms with Gasteiger partial charge in [-0.3, -0.25) is 4.98 Å². The number of nitrogens with zero attached hydrogens (tertiary/aromatic N) is 1. The lowest BCUT2D eigenvalue weighted by Gasteiger charge is -2.07. The van der Waals surface area contributed by atoms with E-state index in [1.54, 1.807) is 0 Å². The van der Waals surface area contributed by atoms with Crippen LogP contribution in [-0.4, -0.2) is 4.98 Å². The van der Waals surface area contributed by atoms with Gasteiger partial charge in [0.2, 0.25) is 0 Å². The number of fused-ring (bicyclic) bond motifs is 6. The van der Waals surface area contributed by atoms with Crippen LogP contribution in [0.5, 0.6) is 0 Å². The molecular weight excluding hydrogens is 254 g/mol. The van der Waals surface area contributed by atoms with Crippen molar-refractivity contribution < 1.29 is 0 Å². The second-order valence-electron chi connectivity index (χ2n) is 5.73. The standard InChI is InChI=1S/C20H13N/c1-2-4-18-13(3-1)5-6-15-9-16-10-17-12-21-8-7-14(17)11-19(16)20(15)18/h1-8,10-12H,9H2. The molecule has 0 saturated heterocycles. The molecule has 3 aromatic carbocycles. The van der Waals surface area contributed by atoms with Gasteiger partial charge in [0.25, 0.3) is 0 Å². The Hall–Kier alpha value is -2.67. The summed E-state index contributed by atoms with van der Waals surface area (Å²) in [6.45, 7) is 0. The summed E-state index contributed by atoms with van der Waals surface area (Å²) in [4.78, 5) is 4.24. The molecule has 0 saturated carbocycles. The van der Waals surface area contributed by atoms with E-state index in [4.69, 9.17) is 0 Å². The maximum Gasteiger partial charge on any atom is 0.0346 e. The number of pyridine rings is 1. The van der Waals surface area contributed by atoms with E-state index in [1.807, 2.05) is 12.4 Å². The number of hydrogen-bond donors (Lipinski definition) is 0. The van der Waals surface area contributed by atoms with Crippen LogP contribution in [-0.2, 0) is 6.42 Å². The Morgan fingerprint density at radius 1 is 0.762 bits per heavy atom. The van der Waals surface area contributed by atoms with E-state index in [9.17, 15) is 0 Å². The maximum atomic E-state index is 4.24. The summed E-state index contributed by atoms with van der Waals surface area (Å²) in [5.74, 6) is 0. The van der Waals surface area contributed by atoms with Gasteiger partial charge in [-0.25, -0.2) is 0 Å². The van der Waals surface area contributed by atoms with E-state index < -0.39 is 0 Å². The normalized spacial score (nSPS) is 12.6. The lowest BCUT2D eigenvalue weighted by atomic mass is 9.97. The molecule has 0 radical (unpaired) electrons. The maximum absolute atomic E-state index is 4.24. The molecule has 21 heavy (non-hydrogen) atoms. The van der Waals surface area contributed by atoms with Gasteiger partial charge in [-0.1, -0.05) is 36.4 Å². The van der Waals surface area contributed by atoms with Gasteiger partial charge in [-0.05, 0) is 63.0 Å². The van der Waals surface area contributed by atoms with E-state index >= 15 is 0 Å². The topological polar surface area (TPSA) is 12.9 Å². The zero-order valence-corrected chi connectivity index (χ0v) is 11.5. The molecule has 0 amide bonds. The molecule has 98 valence electrons. The van der Waals surface area contributed by atoms with Gasteiger partial charge in [-0.2, -0.15) is 0 Å². The molecule has 1 aromatic heterocycles. The average Bonchev–Trinajstić information content (AvgIpc) is 2.90. The van der Waals surface area contributed by atoms with E-state index in [0.29, 0.717) is 0 Å². The molecule has 1 aliphatic rings. The van der Waals surface area contributed by atoms with Crippen molar-refractivity contribution in [2.75, 3.05) is 0 Å². The number of rotatable bonds is 0. The van der Waals surface area contributed by atoms with Gasteiger partial charge in [-0.15, -0.1) is 0 Å². The summed E-state index contributed by atoms with van der Waals surface area (Å²) in [7, 11) is 0. The van der Waals surface area contributed by atoms with Gasteiger partial charge in [0.1, 0.15) is 0 Å². The minimum atomic E-state index is 1.03. The molecular formula is C20H13N. The Bertz CT molecular complexity index is 1010. The van der Waals surface area contributed by atoms with Crippen LogP contribution in [0.4, 0.5) is 0 Å². The third-order valence-corrected chi connectivity index (χ3v) is 4.53. The highest BCUT2D eigenvalue weighted by atomic mass is 14.6. The molecule has 0 atom stereocenters. The first-order chi connectivity index (χ1) is 10.4. The monoisotopic (exact) mass is 267 g/mol. The van der Waals surface area contributed by atoms with Crippen molar-refractivity contribution in [3.05, 3.63) is 78.1 Å². The van der Waals surface area contributed by atoms with Crippen LogP contribution in [0.2, 0.25) is 0 Å². The second kappa shape index (κ2) is 3.92. The number of aromatic nitrogens is 1. The molecule has 0 fully saturated rings. The SMILES string of the molecule is c1ccc2c3c(ccc2c1)Cc1cc2cnccc2cc1-3. The summed E-state index contributed by atoms with van der Waals surface area (Å²) in [6.07, 6.45) is 4.85. The molecule has 1 nitrogen and oxygen atoms in total. The molecule has 0 aliphatic heterocycles. The summed E-state index contributed by atoms with van der Waals surface area (Å²) in [6, 6.07) is 19.9. The summed E-state index contributed by atoms with van der Waals surface area (Å²) in [5, 5.41) is 5.18. The van der Waals surface area contributed by atoms with E-state index in [1.165, 1.54) is 43.8 Å². The molecule has 1 heteroatoms. The molecule has 0 bridgehead atoms. The van der Waals surface area contributed by atoms with E-state index in [-0.39, 0.29) is 0 Å². The summed E-state index contributed by atoms with van der Waals surface area (Å²) in [5.41, 5.74) is 5.66. The van der Waals surface area contributed by atoms with Crippen LogP contribution in [0.25, 0.3) is 32.7 Å². The van der Waals surface area contributed by atoms with Crippen molar-refractivity contribution in [2.24, 2.45) is 0 Å². The van der Waals surface area contributed by atoms with Gasteiger partial charge in [0.05, 0.1) is 0 Å². The fourth-order valence-electron chi connectivity index (χ4n) is 3.55. The third-order valence-electron chi connectivity index (χ3n) is 4.53. The van der Waals surface area contributed by atoms with Crippen molar-refractivity contribution in [3.8, 4) is 11.1 Å². The van der Waals surface area contributed by atoms with Crippen LogP contribution in [0.1, 0.15) is 11.1 Å². The van der Waals surface area contributed by atoms with Crippen LogP contribution in [0, 0.1) is 0 Å². The highest BCUT2D eigenvalue weighted by Crippen LogP contribution is 2.42. The Morgan fingerprint density at radius 2 is 1.71 bits per heavy atom. The fraction of sp³-hybridized carbons (Fsp3) is 0.0500. The predicted octanol–water partition coefficient (Wildman–Crippen LogP) is 4.96. The van der Waals surface area contributed by atoms with E-state index in [2.05, 4.69) is 59.6 Å². The third kappa shape index (κ3) is 1.49. The van der Waals surface area contributed by atoms with Crippen LogP contribution in [0.3, 0.4) is 0 Å². The highest BCUT2D eigenvalue weighted by molar-refractivity contribution is 6.03. The molecule has 0 N–H and O–H groups in total. The molecule has 0 unspecified atom stereocenters. The highest BCUT2D eigenvalue weighted by Gasteiger charge is 2.21. The quantitative estimate of drug-likeness (QED) is 0.386. The minimum Gasteiger partial charge on any atom is -0.264 e. The van der Waals surface area contributed by atoms with Crippen LogP contribution >= 0.6 is 0 Å². The molecule has 5 rings (SSSR count). The lowest BCUT2D eigenvalue weighted by Crippen LogP contribution is -1.83. The average molecular weight is 267 g/mol. The fourth-order valence-corrected chi connectivity index (χ4v) is 3.55. The van der Waals surface area contributed by atoms with Crippen molar-refractivity contribution in [3.63, 3.8) is 0 Å². The smallest absolute Gasteiger partial charge is 0.0346 e. The zero-order valence-electron chi connectivity index (χ0n) is 11.5. The largest absolute Gasteiger partial charge is 0.264 e. The lowest BCUT2D eigenvalue weighted by molar-refractivity contribution is 1.27. The number of benzene rings is 3. The van der Waals surface area contributed by atoms with Crippen molar-refractivity contribution >= 4 is 21.5 Å². The summed E-state index contributed by atoms with van der Waals surface area (Å²) < 4.78 is 0. The van der Waals surface area contributed by atoms with Crippen molar-refractivity contribution in [2.45, 2.75) is 6.42 Å². The summed E-state index contributed by atoms with van der Waals surface area (Å²) >= 11 is 0. The minimum absolute atomic E-state index is 1.03. The molecule has 1 aliphatic carbocycles. The number of hydrogen-bond acceptors (Lipinski definition) is 1. The second-order valence-corrected chi connectivity index (χ2v) is 5.73. The van der Waals surface area contributed by atoms with Gasteiger partial charge >= 0.3 is 0 Å². The van der Waals surface area contributed by atoms with Crippen molar-refractivity contribution in [1.29, 1.82) is 0 Å². The van der Waals surface area contributed by atoms with Gasteiger partial charge in [0, 0.05) is 17.8 Å². The Kier molecular flexibility index (Phi) is 2.06. The first-order valence-corrected chi connectivity index (χ1v) is 7.28. The van der Waals surface area contributed by atoms with Crippen LogP contribution in [0.15, 0.2) is 67.0 Å². The first-order valence-electron chi connectivity index (χ1n) is 7.28. The molecule has 0 spiro atoms. The van der Waals surface area contributed by atoms with Crippen molar-refractivity contribution in [1.82, 2.24) is 4.98 Å². The Balaban J connectivity index is 1.92. The van der Waals surface area contributed by atoms with Crippen LogP contribution < -0.4 is 0 Å². The van der Waals surface area contributed by atoms with Gasteiger partial charge in [0.15, 0.2) is 0 Å². The van der Waals surface area contributed by atoms with Gasteiger partial charge < -0.3 is 0 Å². The van der Waals surface area contributed by atoms with E-state index in [0.717, 1.165) is 6.42 Å². The first kappa shape index (κ1) is 11.0. The Labute approximate surface area is 122 Å². The predicted molar refractivity (Wildman–Crippen MR) is 87.5 cm³/mol. The zero-order chi connectivity index (χ0) is 13.8. The molecule has 1 heterocycles. The Morgan fingerprint density at radius 3 is 2.71 bits per heavy atom.